The van der Waals surface area contributed by atoms with Crippen LogP contribution in [0.25, 0.3) is 34.3 Å². The zero-order valence-corrected chi connectivity index (χ0v) is 16.3. The first-order valence-corrected chi connectivity index (χ1v) is 10.1. The van der Waals surface area contributed by atoms with Crippen LogP contribution in [-0.4, -0.2) is 30.0 Å². The minimum Gasteiger partial charge on any atom is -0.611 e. The third-order valence-corrected chi connectivity index (χ3v) is 5.75. The van der Waals surface area contributed by atoms with Crippen LogP contribution >= 0.6 is 0 Å². The van der Waals surface area contributed by atoms with Gasteiger partial charge >= 0.3 is 0 Å². The average molecular weight is 390 g/mol. The molecule has 1 unspecified atom stereocenters. The molecule has 28 heavy (non-hydrogen) atoms. The predicted molar refractivity (Wildman–Crippen MR) is 108 cm³/mol. The fourth-order valence-corrected chi connectivity index (χ4v) is 3.84. The number of benzene rings is 2. The maximum atomic E-state index is 12.7. The standard InChI is InChI=1S/C21H18N4O2S/c1-14(2)28(26)19-11-7-6-10-16(19)17-12-22-13-18(23-17)21-25-24-20(27-21)15-8-4-3-5-9-15/h3-14H,1-2H3. The van der Waals surface area contributed by atoms with Crippen LogP contribution in [0.1, 0.15) is 13.8 Å². The molecule has 0 aliphatic carbocycles. The smallest absolute Gasteiger partial charge is 0.268 e. The van der Waals surface area contributed by atoms with Gasteiger partial charge in [-0.15, -0.1) is 10.2 Å². The van der Waals surface area contributed by atoms with E-state index in [1.165, 1.54) is 0 Å². The molecule has 2 heterocycles. The molecule has 2 aromatic carbocycles. The summed E-state index contributed by atoms with van der Waals surface area (Å²) in [6.45, 7) is 3.86. The lowest BCUT2D eigenvalue weighted by Gasteiger charge is -2.16. The van der Waals surface area contributed by atoms with Crippen LogP contribution in [0, 0.1) is 0 Å². The second kappa shape index (κ2) is 7.92. The first-order valence-electron chi connectivity index (χ1n) is 8.85. The van der Waals surface area contributed by atoms with Crippen molar-refractivity contribution in [3.63, 3.8) is 0 Å². The third-order valence-electron chi connectivity index (χ3n) is 4.11. The summed E-state index contributed by atoms with van der Waals surface area (Å²) in [5, 5.41) is 8.21. The van der Waals surface area contributed by atoms with Gasteiger partial charge in [0.1, 0.15) is 10.9 Å². The Bertz CT molecular complexity index is 1080. The Kier molecular flexibility index (Phi) is 5.18. The molecule has 0 N–H and O–H groups in total. The summed E-state index contributed by atoms with van der Waals surface area (Å²) >= 11 is -1.14. The van der Waals surface area contributed by atoms with Gasteiger partial charge in [0.2, 0.25) is 5.89 Å². The zero-order chi connectivity index (χ0) is 19.5. The molecule has 4 aromatic rings. The van der Waals surface area contributed by atoms with Crippen LogP contribution < -0.4 is 0 Å². The quantitative estimate of drug-likeness (QED) is 0.470. The van der Waals surface area contributed by atoms with Gasteiger partial charge in [-0.2, -0.15) is 0 Å². The van der Waals surface area contributed by atoms with E-state index < -0.39 is 11.2 Å². The van der Waals surface area contributed by atoms with Gasteiger partial charge in [-0.25, -0.2) is 4.98 Å². The summed E-state index contributed by atoms with van der Waals surface area (Å²) in [6.07, 6.45) is 3.22. The van der Waals surface area contributed by atoms with Crippen LogP contribution in [0.5, 0.6) is 0 Å². The second-order valence-electron chi connectivity index (χ2n) is 6.41. The Labute approximate surface area is 165 Å². The van der Waals surface area contributed by atoms with Crippen molar-refractivity contribution in [2.75, 3.05) is 0 Å². The molecular formula is C21H18N4O2S. The van der Waals surface area contributed by atoms with E-state index in [0.29, 0.717) is 17.3 Å². The molecule has 0 fully saturated rings. The summed E-state index contributed by atoms with van der Waals surface area (Å²) < 4.78 is 18.5. The van der Waals surface area contributed by atoms with Crippen molar-refractivity contribution in [2.24, 2.45) is 0 Å². The number of rotatable bonds is 5. The molecule has 2 aromatic heterocycles. The normalized spacial score (nSPS) is 12.3. The molecule has 0 saturated heterocycles. The molecule has 0 aliphatic rings. The van der Waals surface area contributed by atoms with E-state index in [4.69, 9.17) is 4.42 Å². The van der Waals surface area contributed by atoms with Crippen molar-refractivity contribution in [1.82, 2.24) is 20.2 Å². The highest BCUT2D eigenvalue weighted by Gasteiger charge is 2.22. The molecule has 1 atom stereocenters. The van der Waals surface area contributed by atoms with Gasteiger partial charge in [0.15, 0.2) is 4.90 Å². The highest BCUT2D eigenvalue weighted by Crippen LogP contribution is 2.30. The van der Waals surface area contributed by atoms with E-state index in [9.17, 15) is 4.55 Å². The van der Waals surface area contributed by atoms with Crippen LogP contribution in [0.15, 0.2) is 76.3 Å². The molecule has 0 aliphatic heterocycles. The highest BCUT2D eigenvalue weighted by atomic mass is 32.2. The van der Waals surface area contributed by atoms with Crippen molar-refractivity contribution >= 4 is 11.2 Å². The Morgan fingerprint density at radius 2 is 1.54 bits per heavy atom. The van der Waals surface area contributed by atoms with Crippen LogP contribution in [-0.2, 0) is 11.2 Å². The molecule has 0 spiro atoms. The van der Waals surface area contributed by atoms with Gasteiger partial charge in [0.05, 0.1) is 23.7 Å². The van der Waals surface area contributed by atoms with Crippen LogP contribution in [0.4, 0.5) is 0 Å². The molecule has 4 rings (SSSR count). The van der Waals surface area contributed by atoms with Gasteiger partial charge in [-0.1, -0.05) is 30.3 Å². The molecule has 7 heteroatoms. The molecule has 6 nitrogen and oxygen atoms in total. The Hall–Kier alpha value is -3.03. The predicted octanol–water partition coefficient (Wildman–Crippen LogP) is 4.38. The van der Waals surface area contributed by atoms with E-state index in [1.807, 2.05) is 68.4 Å². The summed E-state index contributed by atoms with van der Waals surface area (Å²) in [7, 11) is 0. The number of nitrogens with zero attached hydrogens (tertiary/aromatic N) is 4. The van der Waals surface area contributed by atoms with Crippen molar-refractivity contribution in [2.45, 2.75) is 24.0 Å². The molecular weight excluding hydrogens is 372 g/mol. The lowest BCUT2D eigenvalue weighted by atomic mass is 10.1. The van der Waals surface area contributed by atoms with Crippen LogP contribution in [0.2, 0.25) is 0 Å². The molecule has 0 saturated carbocycles. The van der Waals surface area contributed by atoms with Gasteiger partial charge in [0.25, 0.3) is 5.89 Å². The largest absolute Gasteiger partial charge is 0.611 e. The van der Waals surface area contributed by atoms with E-state index in [0.717, 1.165) is 16.0 Å². The van der Waals surface area contributed by atoms with Crippen molar-refractivity contribution in [3.8, 4) is 34.3 Å². The van der Waals surface area contributed by atoms with Gasteiger partial charge in [-0.05, 0) is 49.3 Å². The monoisotopic (exact) mass is 390 g/mol. The fraction of sp³-hybridized carbons (Fsp3) is 0.143. The zero-order valence-electron chi connectivity index (χ0n) is 15.4. The number of aromatic nitrogens is 4. The summed E-state index contributed by atoms with van der Waals surface area (Å²) in [4.78, 5) is 9.64. The van der Waals surface area contributed by atoms with E-state index >= 15 is 0 Å². The lowest BCUT2D eigenvalue weighted by Crippen LogP contribution is -2.15. The molecule has 0 bridgehead atoms. The lowest BCUT2D eigenvalue weighted by molar-refractivity contribution is 0.582. The number of hydrogen-bond donors (Lipinski definition) is 0. The summed E-state index contributed by atoms with van der Waals surface area (Å²) in [5.41, 5.74) is 2.70. The average Bonchev–Trinajstić information content (AvgIpc) is 3.24. The second-order valence-corrected chi connectivity index (χ2v) is 8.39. The molecule has 140 valence electrons. The molecule has 0 amide bonds. The van der Waals surface area contributed by atoms with Crippen molar-refractivity contribution < 1.29 is 8.97 Å². The summed E-state index contributed by atoms with van der Waals surface area (Å²) in [5.74, 6) is 0.708. The van der Waals surface area contributed by atoms with Gasteiger partial charge < -0.3 is 8.97 Å². The van der Waals surface area contributed by atoms with Crippen molar-refractivity contribution in [3.05, 3.63) is 67.0 Å². The van der Waals surface area contributed by atoms with E-state index in [2.05, 4.69) is 20.2 Å². The fourth-order valence-electron chi connectivity index (χ4n) is 2.73. The van der Waals surface area contributed by atoms with Gasteiger partial charge in [-0.3, -0.25) is 4.98 Å². The Balaban J connectivity index is 1.72. The third kappa shape index (κ3) is 3.67. The Morgan fingerprint density at radius 1 is 0.857 bits per heavy atom. The maximum Gasteiger partial charge on any atom is 0.268 e. The van der Waals surface area contributed by atoms with Crippen LogP contribution in [0.3, 0.4) is 0 Å². The molecule has 0 radical (unpaired) electrons. The SMILES string of the molecule is CC(C)[S+]([O-])c1ccccc1-c1cncc(-c2nnc(-c3ccccc3)o2)n1. The minimum atomic E-state index is -1.14. The number of hydrogen-bond acceptors (Lipinski definition) is 6. The highest BCUT2D eigenvalue weighted by molar-refractivity contribution is 7.92. The topological polar surface area (TPSA) is 87.8 Å². The van der Waals surface area contributed by atoms with E-state index in [-0.39, 0.29) is 11.1 Å². The Morgan fingerprint density at radius 3 is 2.32 bits per heavy atom. The first kappa shape index (κ1) is 18.3. The van der Waals surface area contributed by atoms with E-state index in [1.54, 1.807) is 12.4 Å². The maximum absolute atomic E-state index is 12.7. The minimum absolute atomic E-state index is 0.00154. The van der Waals surface area contributed by atoms with Gasteiger partial charge in [0, 0.05) is 5.56 Å². The first-order chi connectivity index (χ1) is 13.6. The van der Waals surface area contributed by atoms with Crippen molar-refractivity contribution in [1.29, 1.82) is 0 Å². The summed E-state index contributed by atoms with van der Waals surface area (Å²) in [6, 6.07) is 17.1.